The summed E-state index contributed by atoms with van der Waals surface area (Å²) in [5.41, 5.74) is 1.19. The highest BCUT2D eigenvalue weighted by molar-refractivity contribution is 5.19. The van der Waals surface area contributed by atoms with Crippen molar-refractivity contribution >= 4 is 0 Å². The third kappa shape index (κ3) is 2.57. The van der Waals surface area contributed by atoms with E-state index in [9.17, 15) is 9.50 Å². The second-order valence-corrected chi connectivity index (χ2v) is 5.84. The van der Waals surface area contributed by atoms with E-state index in [1.165, 1.54) is 37.8 Å². The molecule has 2 N–H and O–H groups in total. The Morgan fingerprint density at radius 2 is 2.17 bits per heavy atom. The number of halogens is 1. The van der Waals surface area contributed by atoms with Crippen LogP contribution in [0.1, 0.15) is 37.4 Å². The fraction of sp³-hybridized carbons (Fsp3) is 0.600. The molecule has 98 valence electrons. The third-order valence-electron chi connectivity index (χ3n) is 4.38. The molecular formula is C15H20FNO. The molecule has 0 amide bonds. The fourth-order valence-electron chi connectivity index (χ4n) is 2.88. The maximum Gasteiger partial charge on any atom is 0.123 e. The van der Waals surface area contributed by atoms with Crippen LogP contribution in [0.2, 0.25) is 0 Å². The van der Waals surface area contributed by atoms with E-state index in [-0.39, 0.29) is 5.82 Å². The second kappa shape index (κ2) is 4.63. The van der Waals surface area contributed by atoms with Gasteiger partial charge in [-0.05, 0) is 54.7 Å². The van der Waals surface area contributed by atoms with Crippen molar-refractivity contribution in [1.29, 1.82) is 0 Å². The highest BCUT2D eigenvalue weighted by Gasteiger charge is 2.53. The average Bonchev–Trinajstić information content (AvgIpc) is 3.22. The van der Waals surface area contributed by atoms with Crippen LogP contribution in [0.15, 0.2) is 24.3 Å². The van der Waals surface area contributed by atoms with Crippen molar-refractivity contribution in [2.24, 2.45) is 11.3 Å². The van der Waals surface area contributed by atoms with Crippen molar-refractivity contribution in [3.05, 3.63) is 35.6 Å². The van der Waals surface area contributed by atoms with Crippen LogP contribution < -0.4 is 5.32 Å². The van der Waals surface area contributed by atoms with Crippen molar-refractivity contribution < 1.29 is 9.50 Å². The van der Waals surface area contributed by atoms with Crippen LogP contribution in [-0.4, -0.2) is 18.2 Å². The van der Waals surface area contributed by atoms with Crippen molar-refractivity contribution in [1.82, 2.24) is 5.32 Å². The lowest BCUT2D eigenvalue weighted by molar-refractivity contribution is 0.170. The minimum atomic E-state index is -0.615. The summed E-state index contributed by atoms with van der Waals surface area (Å²) in [6.07, 6.45) is 4.82. The summed E-state index contributed by atoms with van der Waals surface area (Å²) in [4.78, 5) is 0. The molecule has 2 nitrogen and oxygen atoms in total. The minimum absolute atomic E-state index is 0.289. The normalized spacial score (nSPS) is 22.8. The largest absolute Gasteiger partial charge is 0.387 e. The molecule has 2 fully saturated rings. The van der Waals surface area contributed by atoms with Gasteiger partial charge >= 0.3 is 0 Å². The molecule has 0 heterocycles. The molecule has 0 aliphatic heterocycles. The van der Waals surface area contributed by atoms with Gasteiger partial charge in [-0.3, -0.25) is 0 Å². The number of benzene rings is 1. The van der Waals surface area contributed by atoms with E-state index in [1.807, 2.05) is 0 Å². The van der Waals surface area contributed by atoms with Gasteiger partial charge in [-0.2, -0.15) is 0 Å². The van der Waals surface area contributed by atoms with E-state index in [2.05, 4.69) is 5.32 Å². The van der Waals surface area contributed by atoms with Crippen LogP contribution in [0, 0.1) is 17.2 Å². The van der Waals surface area contributed by atoms with Gasteiger partial charge in [0.15, 0.2) is 0 Å². The lowest BCUT2D eigenvalue weighted by Gasteiger charge is -2.17. The zero-order chi connectivity index (χ0) is 12.6. The molecule has 2 aliphatic carbocycles. The van der Waals surface area contributed by atoms with Gasteiger partial charge < -0.3 is 10.4 Å². The topological polar surface area (TPSA) is 32.3 Å². The zero-order valence-corrected chi connectivity index (χ0v) is 10.5. The van der Waals surface area contributed by atoms with Gasteiger partial charge in [0.05, 0.1) is 6.10 Å². The highest BCUT2D eigenvalue weighted by atomic mass is 19.1. The van der Waals surface area contributed by atoms with Crippen LogP contribution >= 0.6 is 0 Å². The quantitative estimate of drug-likeness (QED) is 0.812. The van der Waals surface area contributed by atoms with E-state index < -0.39 is 6.10 Å². The number of aliphatic hydroxyl groups is 1. The van der Waals surface area contributed by atoms with Crippen molar-refractivity contribution in [2.45, 2.75) is 31.8 Å². The molecule has 1 unspecified atom stereocenters. The summed E-state index contributed by atoms with van der Waals surface area (Å²) in [6.45, 7) is 1.52. The maximum atomic E-state index is 13.0. The summed E-state index contributed by atoms with van der Waals surface area (Å²) >= 11 is 0. The Balaban J connectivity index is 1.48. The minimum Gasteiger partial charge on any atom is -0.387 e. The summed E-state index contributed by atoms with van der Waals surface area (Å²) in [6, 6.07) is 6.21. The molecule has 3 heteroatoms. The highest BCUT2D eigenvalue weighted by Crippen LogP contribution is 2.60. The first kappa shape index (κ1) is 12.1. The van der Waals surface area contributed by atoms with E-state index in [0.29, 0.717) is 17.5 Å². The van der Waals surface area contributed by atoms with E-state index in [4.69, 9.17) is 0 Å². The predicted molar refractivity (Wildman–Crippen MR) is 68.6 cm³/mol. The molecule has 2 saturated carbocycles. The Hall–Kier alpha value is -0.930. The lowest BCUT2D eigenvalue weighted by atomic mass is 10.0. The number of hydrogen-bond acceptors (Lipinski definition) is 2. The monoisotopic (exact) mass is 249 g/mol. The first-order chi connectivity index (χ1) is 8.70. The second-order valence-electron chi connectivity index (χ2n) is 5.84. The number of nitrogens with one attached hydrogen (secondary N) is 1. The SMILES string of the molecule is OC(CNCC1(C2CC2)CC1)c1cccc(F)c1. The molecule has 1 aromatic rings. The molecule has 2 aliphatic rings. The molecule has 0 bridgehead atoms. The Bertz CT molecular complexity index is 426. The molecule has 1 aromatic carbocycles. The van der Waals surface area contributed by atoms with Gasteiger partial charge in [0.1, 0.15) is 5.82 Å². The zero-order valence-electron chi connectivity index (χ0n) is 10.5. The van der Waals surface area contributed by atoms with Crippen LogP contribution in [0.3, 0.4) is 0 Å². The Kier molecular flexibility index (Phi) is 3.12. The van der Waals surface area contributed by atoms with Gasteiger partial charge in [0, 0.05) is 13.1 Å². The van der Waals surface area contributed by atoms with Gasteiger partial charge in [0.2, 0.25) is 0 Å². The maximum absolute atomic E-state index is 13.0. The predicted octanol–water partition coefficient (Wildman–Crippen LogP) is 2.64. The first-order valence-electron chi connectivity index (χ1n) is 6.84. The van der Waals surface area contributed by atoms with Crippen molar-refractivity contribution in [3.63, 3.8) is 0 Å². The fourth-order valence-corrected chi connectivity index (χ4v) is 2.88. The molecule has 0 saturated heterocycles. The number of aliphatic hydroxyl groups excluding tert-OH is 1. The van der Waals surface area contributed by atoms with Gasteiger partial charge in [-0.1, -0.05) is 12.1 Å². The van der Waals surface area contributed by atoms with Gasteiger partial charge in [0.25, 0.3) is 0 Å². The van der Waals surface area contributed by atoms with Gasteiger partial charge in [-0.25, -0.2) is 4.39 Å². The van der Waals surface area contributed by atoms with Crippen LogP contribution in [0.4, 0.5) is 4.39 Å². The summed E-state index contributed by atoms with van der Waals surface area (Å²) in [7, 11) is 0. The van der Waals surface area contributed by atoms with Gasteiger partial charge in [-0.15, -0.1) is 0 Å². The molecular weight excluding hydrogens is 229 g/mol. The average molecular weight is 249 g/mol. The summed E-state index contributed by atoms with van der Waals surface area (Å²) < 4.78 is 13.0. The van der Waals surface area contributed by atoms with Crippen LogP contribution in [0.5, 0.6) is 0 Å². The molecule has 18 heavy (non-hydrogen) atoms. The number of hydrogen-bond donors (Lipinski definition) is 2. The smallest absolute Gasteiger partial charge is 0.123 e. The van der Waals surface area contributed by atoms with Crippen LogP contribution in [-0.2, 0) is 0 Å². The van der Waals surface area contributed by atoms with Crippen molar-refractivity contribution in [3.8, 4) is 0 Å². The molecule has 1 atom stereocenters. The number of rotatable bonds is 6. The molecule has 0 aromatic heterocycles. The van der Waals surface area contributed by atoms with E-state index >= 15 is 0 Å². The standard InChI is InChI=1S/C15H20FNO/c16-13-3-1-2-11(8-13)14(18)9-17-10-15(6-7-15)12-4-5-12/h1-3,8,12,14,17-18H,4-7,9-10H2. The summed E-state index contributed by atoms with van der Waals surface area (Å²) in [5, 5.41) is 13.3. The summed E-state index contributed by atoms with van der Waals surface area (Å²) in [5.74, 6) is 0.638. The molecule has 0 radical (unpaired) electrons. The first-order valence-corrected chi connectivity index (χ1v) is 6.84. The third-order valence-corrected chi connectivity index (χ3v) is 4.38. The molecule has 0 spiro atoms. The molecule has 3 rings (SSSR count). The lowest BCUT2D eigenvalue weighted by Crippen LogP contribution is -2.29. The Morgan fingerprint density at radius 1 is 1.39 bits per heavy atom. The Morgan fingerprint density at radius 3 is 2.78 bits per heavy atom. The van der Waals surface area contributed by atoms with Crippen LogP contribution in [0.25, 0.3) is 0 Å². The van der Waals surface area contributed by atoms with E-state index in [1.54, 1.807) is 12.1 Å². The Labute approximate surface area is 107 Å². The van der Waals surface area contributed by atoms with Crippen molar-refractivity contribution in [2.75, 3.05) is 13.1 Å². The van der Waals surface area contributed by atoms with E-state index in [0.717, 1.165) is 12.5 Å².